The van der Waals surface area contributed by atoms with E-state index in [1.807, 2.05) is 25.7 Å². The van der Waals surface area contributed by atoms with Gasteiger partial charge in [-0.3, -0.25) is 25.1 Å². The number of hydrogen-bond acceptors (Lipinski definition) is 7. The fraction of sp³-hybridized carbons (Fsp3) is 0.750. The van der Waals surface area contributed by atoms with E-state index < -0.39 is 15.7 Å². The van der Waals surface area contributed by atoms with Crippen LogP contribution in [-0.4, -0.2) is 33.6 Å². The van der Waals surface area contributed by atoms with E-state index in [-0.39, 0.29) is 11.4 Å². The van der Waals surface area contributed by atoms with Gasteiger partial charge in [-0.25, -0.2) is 0 Å². The first-order chi connectivity index (χ1) is 7.73. The lowest BCUT2D eigenvalue weighted by molar-refractivity contribution is -0.618. The fourth-order valence-corrected chi connectivity index (χ4v) is 1.35. The molecule has 1 aliphatic heterocycles. The van der Waals surface area contributed by atoms with E-state index in [0.717, 1.165) is 0 Å². The van der Waals surface area contributed by atoms with Crippen LogP contribution in [0.5, 0.6) is 0 Å². The highest BCUT2D eigenvalue weighted by molar-refractivity contribution is 5.00. The molecule has 1 rings (SSSR count). The summed E-state index contributed by atoms with van der Waals surface area (Å²) in [6, 6.07) is 0. The number of rotatable bonds is 2. The third-order valence-electron chi connectivity index (χ3n) is 2.41. The molecule has 0 spiro atoms. The molecule has 1 aliphatic rings. The second-order valence-electron chi connectivity index (χ2n) is 4.59. The van der Waals surface area contributed by atoms with Crippen molar-refractivity contribution in [3.63, 3.8) is 0 Å². The molecule has 1 saturated heterocycles. The van der Waals surface area contributed by atoms with Crippen molar-refractivity contribution in [3.05, 3.63) is 31.9 Å². The second kappa shape index (κ2) is 4.53. The predicted molar refractivity (Wildman–Crippen MR) is 58.6 cm³/mol. The van der Waals surface area contributed by atoms with E-state index >= 15 is 0 Å². The van der Waals surface area contributed by atoms with E-state index in [1.54, 1.807) is 0 Å². The molecule has 1 fully saturated rings. The molecule has 0 amide bonds. The topological polar surface area (TPSA) is 114 Å². The predicted octanol–water partition coefficient (Wildman–Crippen LogP) is -0.125. The quantitative estimate of drug-likeness (QED) is 0.514. The van der Waals surface area contributed by atoms with Crippen LogP contribution in [0.25, 0.3) is 0 Å². The monoisotopic (exact) mass is 245 g/mol. The number of nitrogens with zero attached hydrogens (tertiary/aromatic N) is 3. The van der Waals surface area contributed by atoms with Crippen LogP contribution in [0.3, 0.4) is 0 Å². The standard InChI is InChI=1S/C8H15N5O4/c1-8(2,3)11-4-9-6(10-5-11)7(12(14)15)13(16)17/h9-10H,4-5H2,1-3H3. The summed E-state index contributed by atoms with van der Waals surface area (Å²) in [6.45, 7) is 6.57. The van der Waals surface area contributed by atoms with E-state index in [0.29, 0.717) is 13.3 Å². The van der Waals surface area contributed by atoms with Gasteiger partial charge in [-0.05, 0) is 20.8 Å². The number of nitrogens with one attached hydrogen (secondary N) is 2. The summed E-state index contributed by atoms with van der Waals surface area (Å²) in [4.78, 5) is 21.0. The largest absolute Gasteiger partial charge is 0.599 e. The number of hydrogen-bond donors (Lipinski definition) is 2. The van der Waals surface area contributed by atoms with Crippen LogP contribution in [0.4, 0.5) is 0 Å². The SMILES string of the molecule is CC(C)(C)N1CNC(=C([N+](=O)[O-])[N+](=O)[O-])NC1. The first kappa shape index (κ1) is 13.2. The molecule has 1 heterocycles. The molecule has 17 heavy (non-hydrogen) atoms. The molecule has 0 bridgehead atoms. The first-order valence-electron chi connectivity index (χ1n) is 4.99. The van der Waals surface area contributed by atoms with Gasteiger partial charge in [-0.15, -0.1) is 0 Å². The third-order valence-corrected chi connectivity index (χ3v) is 2.41. The average molecular weight is 245 g/mol. The fourth-order valence-electron chi connectivity index (χ4n) is 1.35. The van der Waals surface area contributed by atoms with Crippen molar-refractivity contribution in [2.45, 2.75) is 26.3 Å². The summed E-state index contributed by atoms with van der Waals surface area (Å²) in [5, 5.41) is 26.4. The van der Waals surface area contributed by atoms with Gasteiger partial charge in [-0.1, -0.05) is 0 Å². The van der Waals surface area contributed by atoms with Crippen LogP contribution in [0.1, 0.15) is 20.8 Å². The maximum absolute atomic E-state index is 10.5. The Hall–Kier alpha value is -1.90. The minimum absolute atomic E-state index is 0.130. The second-order valence-corrected chi connectivity index (χ2v) is 4.59. The highest BCUT2D eigenvalue weighted by Crippen LogP contribution is 2.14. The van der Waals surface area contributed by atoms with E-state index in [1.165, 1.54) is 0 Å². The summed E-state index contributed by atoms with van der Waals surface area (Å²) in [5.74, 6) is -1.21. The average Bonchev–Trinajstić information content (AvgIpc) is 2.15. The molecule has 0 atom stereocenters. The summed E-state index contributed by atoms with van der Waals surface area (Å²) >= 11 is 0. The van der Waals surface area contributed by atoms with Crippen LogP contribution in [0.2, 0.25) is 0 Å². The Morgan fingerprint density at radius 1 is 1.18 bits per heavy atom. The van der Waals surface area contributed by atoms with Gasteiger partial charge in [0, 0.05) is 5.54 Å². The molecule has 0 aromatic heterocycles. The summed E-state index contributed by atoms with van der Waals surface area (Å²) in [6.07, 6.45) is 0. The maximum atomic E-state index is 10.5. The molecule has 0 radical (unpaired) electrons. The molecule has 96 valence electrons. The van der Waals surface area contributed by atoms with Crippen molar-refractivity contribution in [3.8, 4) is 0 Å². The van der Waals surface area contributed by atoms with Gasteiger partial charge in [0.1, 0.15) is 9.85 Å². The zero-order chi connectivity index (χ0) is 13.2. The summed E-state index contributed by atoms with van der Waals surface area (Å²) in [5.41, 5.74) is -0.130. The van der Waals surface area contributed by atoms with E-state index in [9.17, 15) is 20.2 Å². The third kappa shape index (κ3) is 3.03. The Morgan fingerprint density at radius 2 is 1.59 bits per heavy atom. The number of nitro groups is 2. The summed E-state index contributed by atoms with van der Waals surface area (Å²) < 4.78 is 0. The highest BCUT2D eigenvalue weighted by Gasteiger charge is 2.36. The molecule has 9 nitrogen and oxygen atoms in total. The van der Waals surface area contributed by atoms with Crippen LogP contribution < -0.4 is 10.6 Å². The Kier molecular flexibility index (Phi) is 3.51. The minimum atomic E-state index is -1.06. The Bertz CT molecular complexity index is 347. The lowest BCUT2D eigenvalue weighted by Gasteiger charge is -2.39. The molecular formula is C8H15N5O4. The van der Waals surface area contributed by atoms with Crippen molar-refractivity contribution in [1.82, 2.24) is 15.5 Å². The Balaban J connectivity index is 2.83. The van der Waals surface area contributed by atoms with Crippen molar-refractivity contribution in [1.29, 1.82) is 0 Å². The van der Waals surface area contributed by atoms with Crippen molar-refractivity contribution < 1.29 is 9.85 Å². The van der Waals surface area contributed by atoms with Crippen molar-refractivity contribution in [2.75, 3.05) is 13.3 Å². The van der Waals surface area contributed by atoms with E-state index in [4.69, 9.17) is 0 Å². The Morgan fingerprint density at radius 3 is 1.88 bits per heavy atom. The molecule has 9 heteroatoms. The van der Waals surface area contributed by atoms with Gasteiger partial charge in [0.05, 0.1) is 13.3 Å². The zero-order valence-corrected chi connectivity index (χ0v) is 9.89. The lowest BCUT2D eigenvalue weighted by atomic mass is 10.1. The minimum Gasteiger partial charge on any atom is -0.347 e. The van der Waals surface area contributed by atoms with Gasteiger partial charge in [-0.2, -0.15) is 0 Å². The van der Waals surface area contributed by atoms with Gasteiger partial charge in [0.15, 0.2) is 0 Å². The molecule has 0 aliphatic carbocycles. The van der Waals surface area contributed by atoms with Gasteiger partial charge in [0.25, 0.3) is 5.82 Å². The van der Waals surface area contributed by atoms with Crippen molar-refractivity contribution in [2.24, 2.45) is 0 Å². The lowest BCUT2D eigenvalue weighted by Crippen LogP contribution is -2.56. The Labute approximate surface area is 97.8 Å². The molecule has 0 aromatic rings. The van der Waals surface area contributed by atoms with Gasteiger partial charge in [0.2, 0.25) is 0 Å². The zero-order valence-electron chi connectivity index (χ0n) is 9.89. The van der Waals surface area contributed by atoms with Crippen LogP contribution in [0, 0.1) is 20.2 Å². The van der Waals surface area contributed by atoms with Crippen LogP contribution in [0.15, 0.2) is 11.6 Å². The maximum Gasteiger partial charge on any atom is 0.599 e. The molecule has 0 aromatic carbocycles. The van der Waals surface area contributed by atoms with Crippen molar-refractivity contribution >= 4 is 0 Å². The normalized spacial score (nSPS) is 17.0. The molecule has 0 unspecified atom stereocenters. The highest BCUT2D eigenvalue weighted by atomic mass is 16.7. The van der Waals surface area contributed by atoms with E-state index in [2.05, 4.69) is 10.6 Å². The molecular weight excluding hydrogens is 230 g/mol. The first-order valence-corrected chi connectivity index (χ1v) is 4.99. The van der Waals surface area contributed by atoms with Crippen LogP contribution >= 0.6 is 0 Å². The van der Waals surface area contributed by atoms with Crippen LogP contribution in [-0.2, 0) is 0 Å². The van der Waals surface area contributed by atoms with Gasteiger partial charge >= 0.3 is 5.82 Å². The summed E-state index contributed by atoms with van der Waals surface area (Å²) in [7, 11) is 0. The smallest absolute Gasteiger partial charge is 0.347 e. The molecule has 2 N–H and O–H groups in total. The molecule has 0 saturated carbocycles. The van der Waals surface area contributed by atoms with Gasteiger partial charge < -0.3 is 10.6 Å².